The highest BCUT2D eigenvalue weighted by Gasteiger charge is 2.16. The van der Waals surface area contributed by atoms with Crippen molar-refractivity contribution >= 4 is 0 Å². The normalized spacial score (nSPS) is 10.5. The second kappa shape index (κ2) is 5.11. The molecule has 2 aromatic rings. The molecular formula is C16H16N2O. The van der Waals surface area contributed by atoms with E-state index in [0.717, 1.165) is 22.3 Å². The van der Waals surface area contributed by atoms with Crippen LogP contribution in [-0.4, -0.2) is 4.98 Å². The quantitative estimate of drug-likeness (QED) is 0.891. The van der Waals surface area contributed by atoms with Gasteiger partial charge in [0, 0.05) is 11.8 Å². The maximum absolute atomic E-state index is 11.8. The molecule has 0 aliphatic carbocycles. The van der Waals surface area contributed by atoms with E-state index in [2.05, 4.69) is 4.98 Å². The van der Waals surface area contributed by atoms with Crippen molar-refractivity contribution in [2.24, 2.45) is 0 Å². The topological polar surface area (TPSA) is 56.6 Å². The number of pyridine rings is 1. The van der Waals surface area contributed by atoms with Crippen molar-refractivity contribution < 1.29 is 0 Å². The van der Waals surface area contributed by atoms with Crippen molar-refractivity contribution in [1.82, 2.24) is 4.98 Å². The maximum Gasteiger partial charge on any atom is 0.266 e. The number of benzene rings is 1. The average Bonchev–Trinajstić information content (AvgIpc) is 2.39. The smallest absolute Gasteiger partial charge is 0.266 e. The number of aryl methyl sites for hydroxylation is 1. The van der Waals surface area contributed by atoms with E-state index in [4.69, 9.17) is 0 Å². The molecule has 96 valence electrons. The Morgan fingerprint density at radius 3 is 2.37 bits per heavy atom. The van der Waals surface area contributed by atoms with Gasteiger partial charge in [-0.3, -0.25) is 4.79 Å². The van der Waals surface area contributed by atoms with Gasteiger partial charge in [0.05, 0.1) is 0 Å². The van der Waals surface area contributed by atoms with E-state index in [-0.39, 0.29) is 17.0 Å². The Kier molecular flexibility index (Phi) is 3.52. The van der Waals surface area contributed by atoms with Crippen LogP contribution in [0.25, 0.3) is 11.1 Å². The largest absolute Gasteiger partial charge is 0.328 e. The molecule has 1 aromatic carbocycles. The van der Waals surface area contributed by atoms with Gasteiger partial charge in [0.2, 0.25) is 0 Å². The molecule has 0 fully saturated rings. The zero-order valence-corrected chi connectivity index (χ0v) is 11.3. The van der Waals surface area contributed by atoms with Gasteiger partial charge in [0.25, 0.3) is 5.56 Å². The molecule has 0 aliphatic heterocycles. The van der Waals surface area contributed by atoms with Crippen LogP contribution >= 0.6 is 0 Å². The third kappa shape index (κ3) is 2.43. The minimum absolute atomic E-state index is 0.190. The van der Waals surface area contributed by atoms with Crippen molar-refractivity contribution in [3.8, 4) is 17.2 Å². The molecule has 19 heavy (non-hydrogen) atoms. The fourth-order valence-corrected chi connectivity index (χ4v) is 2.14. The van der Waals surface area contributed by atoms with Gasteiger partial charge in [0.15, 0.2) is 0 Å². The monoisotopic (exact) mass is 252 g/mol. The van der Waals surface area contributed by atoms with Gasteiger partial charge in [0.1, 0.15) is 11.6 Å². The lowest BCUT2D eigenvalue weighted by molar-refractivity contribution is 0.857. The summed E-state index contributed by atoms with van der Waals surface area (Å²) in [6.45, 7) is 6.11. The predicted molar refractivity (Wildman–Crippen MR) is 76.0 cm³/mol. The summed E-state index contributed by atoms with van der Waals surface area (Å²) in [6.07, 6.45) is 1.71. The summed E-state index contributed by atoms with van der Waals surface area (Å²) in [5, 5.41) is 9.25. The number of nitrogens with zero attached hydrogens (tertiary/aromatic N) is 1. The molecule has 0 spiro atoms. The number of nitriles is 1. The summed E-state index contributed by atoms with van der Waals surface area (Å²) in [5.41, 5.74) is 3.66. The van der Waals surface area contributed by atoms with Crippen LogP contribution in [0.3, 0.4) is 0 Å². The van der Waals surface area contributed by atoms with Crippen LogP contribution in [0.4, 0.5) is 0 Å². The first kappa shape index (κ1) is 13.1. The summed E-state index contributed by atoms with van der Waals surface area (Å²) >= 11 is 0. The van der Waals surface area contributed by atoms with Crippen LogP contribution in [0.5, 0.6) is 0 Å². The van der Waals surface area contributed by atoms with Crippen LogP contribution in [0.2, 0.25) is 0 Å². The highest BCUT2D eigenvalue weighted by atomic mass is 16.1. The van der Waals surface area contributed by atoms with Crippen molar-refractivity contribution in [2.75, 3.05) is 0 Å². The molecule has 1 heterocycles. The second-order valence-corrected chi connectivity index (χ2v) is 4.96. The Morgan fingerprint density at radius 2 is 1.84 bits per heavy atom. The number of aromatic nitrogens is 1. The van der Waals surface area contributed by atoms with E-state index in [1.807, 2.05) is 51.1 Å². The second-order valence-electron chi connectivity index (χ2n) is 4.96. The molecule has 0 aliphatic rings. The lowest BCUT2D eigenvalue weighted by Gasteiger charge is -2.14. The molecule has 3 nitrogen and oxygen atoms in total. The summed E-state index contributed by atoms with van der Waals surface area (Å²) in [5.74, 6) is 0.236. The van der Waals surface area contributed by atoms with Gasteiger partial charge in [-0.2, -0.15) is 5.26 Å². The Morgan fingerprint density at radius 1 is 1.21 bits per heavy atom. The van der Waals surface area contributed by atoms with Crippen LogP contribution in [-0.2, 0) is 0 Å². The molecule has 0 saturated carbocycles. The van der Waals surface area contributed by atoms with Gasteiger partial charge < -0.3 is 4.98 Å². The lowest BCUT2D eigenvalue weighted by Crippen LogP contribution is -2.13. The summed E-state index contributed by atoms with van der Waals surface area (Å²) in [7, 11) is 0. The molecule has 0 saturated heterocycles. The average molecular weight is 252 g/mol. The number of nitrogens with one attached hydrogen (secondary N) is 1. The van der Waals surface area contributed by atoms with Crippen molar-refractivity contribution in [2.45, 2.75) is 26.7 Å². The van der Waals surface area contributed by atoms with Gasteiger partial charge in [-0.05, 0) is 24.0 Å². The molecule has 1 N–H and O–H groups in total. The SMILES string of the molecule is Cc1ccc(-c2c(C(C)C)c[nH]c(=O)c2C#N)cc1. The van der Waals surface area contributed by atoms with Crippen molar-refractivity contribution in [3.05, 3.63) is 57.5 Å². The van der Waals surface area contributed by atoms with Gasteiger partial charge in [-0.1, -0.05) is 43.7 Å². The molecule has 0 bridgehead atoms. The van der Waals surface area contributed by atoms with Gasteiger partial charge >= 0.3 is 0 Å². The Hall–Kier alpha value is -2.34. The fourth-order valence-electron chi connectivity index (χ4n) is 2.14. The van der Waals surface area contributed by atoms with Crippen LogP contribution in [0.1, 0.15) is 36.5 Å². The standard InChI is InChI=1S/C16H16N2O/c1-10(2)14-9-18-16(19)13(8-17)15(14)12-6-4-11(3)5-7-12/h4-7,9-10H,1-3H3,(H,18,19). The molecule has 0 radical (unpaired) electrons. The first-order valence-electron chi connectivity index (χ1n) is 6.27. The van der Waals surface area contributed by atoms with Gasteiger partial charge in [-0.25, -0.2) is 0 Å². The minimum Gasteiger partial charge on any atom is -0.328 e. The van der Waals surface area contributed by atoms with Crippen LogP contribution < -0.4 is 5.56 Å². The lowest BCUT2D eigenvalue weighted by atomic mass is 9.91. The molecule has 3 heteroatoms. The summed E-state index contributed by atoms with van der Waals surface area (Å²) < 4.78 is 0. The third-order valence-electron chi connectivity index (χ3n) is 3.20. The number of rotatable bonds is 2. The molecule has 1 aromatic heterocycles. The fraction of sp³-hybridized carbons (Fsp3) is 0.250. The highest BCUT2D eigenvalue weighted by Crippen LogP contribution is 2.30. The summed E-state index contributed by atoms with van der Waals surface area (Å²) in [6, 6.07) is 9.91. The molecule has 0 amide bonds. The molecular weight excluding hydrogens is 236 g/mol. The van der Waals surface area contributed by atoms with E-state index in [1.165, 1.54) is 0 Å². The Labute approximate surface area is 112 Å². The molecule has 0 atom stereocenters. The van der Waals surface area contributed by atoms with Gasteiger partial charge in [-0.15, -0.1) is 0 Å². The van der Waals surface area contributed by atoms with Crippen LogP contribution in [0, 0.1) is 18.3 Å². The Balaban J connectivity index is 2.79. The molecule has 0 unspecified atom stereocenters. The van der Waals surface area contributed by atoms with Crippen LogP contribution in [0.15, 0.2) is 35.3 Å². The highest BCUT2D eigenvalue weighted by molar-refractivity contribution is 5.73. The van der Waals surface area contributed by atoms with E-state index in [0.29, 0.717) is 0 Å². The predicted octanol–water partition coefficient (Wildman–Crippen LogP) is 3.35. The minimum atomic E-state index is -0.331. The number of hydrogen-bond donors (Lipinski definition) is 1. The number of aromatic amines is 1. The maximum atomic E-state index is 11.8. The van der Waals surface area contributed by atoms with E-state index < -0.39 is 0 Å². The number of H-pyrrole nitrogens is 1. The van der Waals surface area contributed by atoms with Crippen molar-refractivity contribution in [3.63, 3.8) is 0 Å². The Bertz CT molecular complexity index is 688. The zero-order valence-electron chi connectivity index (χ0n) is 11.3. The molecule has 2 rings (SSSR count). The number of hydrogen-bond acceptors (Lipinski definition) is 2. The first-order valence-corrected chi connectivity index (χ1v) is 6.27. The first-order chi connectivity index (χ1) is 9.04. The zero-order chi connectivity index (χ0) is 14.0. The third-order valence-corrected chi connectivity index (χ3v) is 3.20. The van der Waals surface area contributed by atoms with E-state index >= 15 is 0 Å². The van der Waals surface area contributed by atoms with E-state index in [1.54, 1.807) is 6.20 Å². The van der Waals surface area contributed by atoms with E-state index in [9.17, 15) is 10.1 Å². The summed E-state index contributed by atoms with van der Waals surface area (Å²) in [4.78, 5) is 14.5. The van der Waals surface area contributed by atoms with Crippen molar-refractivity contribution in [1.29, 1.82) is 5.26 Å².